The molecule has 0 unspecified atom stereocenters. The minimum absolute atomic E-state index is 0.0862. The van der Waals surface area contributed by atoms with E-state index in [9.17, 15) is 4.39 Å². The van der Waals surface area contributed by atoms with Crippen LogP contribution in [0.5, 0.6) is 0 Å². The fourth-order valence-corrected chi connectivity index (χ4v) is 1.81. The number of benzene rings is 1. The molecule has 1 rings (SSSR count). The standard InChI is InChI=1S/C13H21FN2O2/c1-18-7-5-16(4-6-17)10-11-2-3-13(14)8-12(11)9-15/h2-3,8,17H,4-7,9-10,15H2,1H3. The molecule has 0 radical (unpaired) electrons. The molecule has 0 atom stereocenters. The summed E-state index contributed by atoms with van der Waals surface area (Å²) in [7, 11) is 1.64. The Morgan fingerprint density at radius 2 is 2.11 bits per heavy atom. The molecule has 18 heavy (non-hydrogen) atoms. The molecular weight excluding hydrogens is 235 g/mol. The lowest BCUT2D eigenvalue weighted by molar-refractivity contribution is 0.126. The van der Waals surface area contributed by atoms with Gasteiger partial charge in [-0.25, -0.2) is 4.39 Å². The molecule has 0 aromatic heterocycles. The Morgan fingerprint density at radius 1 is 1.33 bits per heavy atom. The molecule has 0 spiro atoms. The molecule has 0 aliphatic rings. The van der Waals surface area contributed by atoms with Crippen molar-refractivity contribution in [2.24, 2.45) is 5.73 Å². The van der Waals surface area contributed by atoms with Crippen LogP contribution >= 0.6 is 0 Å². The Labute approximate surface area is 107 Å². The summed E-state index contributed by atoms with van der Waals surface area (Å²) in [6.07, 6.45) is 0. The minimum Gasteiger partial charge on any atom is -0.395 e. The van der Waals surface area contributed by atoms with Gasteiger partial charge >= 0.3 is 0 Å². The Morgan fingerprint density at radius 3 is 2.72 bits per heavy atom. The van der Waals surface area contributed by atoms with E-state index >= 15 is 0 Å². The number of aliphatic hydroxyl groups excluding tert-OH is 1. The van der Waals surface area contributed by atoms with Crippen molar-refractivity contribution in [2.45, 2.75) is 13.1 Å². The van der Waals surface area contributed by atoms with Crippen LogP contribution in [0.1, 0.15) is 11.1 Å². The van der Waals surface area contributed by atoms with E-state index < -0.39 is 0 Å². The molecule has 1 aromatic carbocycles. The van der Waals surface area contributed by atoms with Gasteiger partial charge in [-0.05, 0) is 23.3 Å². The summed E-state index contributed by atoms with van der Waals surface area (Å²) < 4.78 is 18.1. The van der Waals surface area contributed by atoms with E-state index in [1.54, 1.807) is 13.2 Å². The van der Waals surface area contributed by atoms with Gasteiger partial charge in [-0.15, -0.1) is 0 Å². The van der Waals surface area contributed by atoms with Crippen molar-refractivity contribution in [2.75, 3.05) is 33.4 Å². The zero-order valence-electron chi connectivity index (χ0n) is 10.7. The summed E-state index contributed by atoms with van der Waals surface area (Å²) in [5.41, 5.74) is 7.40. The Kier molecular flexibility index (Phi) is 6.82. The highest BCUT2D eigenvalue weighted by atomic mass is 19.1. The molecule has 0 heterocycles. The van der Waals surface area contributed by atoms with Gasteiger partial charge in [-0.2, -0.15) is 0 Å². The number of halogens is 1. The first-order valence-electron chi connectivity index (χ1n) is 6.00. The summed E-state index contributed by atoms with van der Waals surface area (Å²) in [6, 6.07) is 4.64. The molecule has 0 saturated carbocycles. The van der Waals surface area contributed by atoms with Gasteiger partial charge in [0.15, 0.2) is 0 Å². The van der Waals surface area contributed by atoms with Crippen LogP contribution in [-0.2, 0) is 17.8 Å². The second kappa shape index (κ2) is 8.16. The molecule has 0 aliphatic carbocycles. The number of aliphatic hydroxyl groups is 1. The molecule has 3 N–H and O–H groups in total. The van der Waals surface area contributed by atoms with Gasteiger partial charge in [-0.3, -0.25) is 4.90 Å². The lowest BCUT2D eigenvalue weighted by Crippen LogP contribution is -2.30. The highest BCUT2D eigenvalue weighted by molar-refractivity contribution is 5.27. The van der Waals surface area contributed by atoms with E-state index in [2.05, 4.69) is 4.90 Å². The minimum atomic E-state index is -0.273. The smallest absolute Gasteiger partial charge is 0.123 e. The number of hydrogen-bond acceptors (Lipinski definition) is 4. The Bertz CT molecular complexity index is 361. The van der Waals surface area contributed by atoms with Crippen molar-refractivity contribution in [3.8, 4) is 0 Å². The van der Waals surface area contributed by atoms with E-state index in [-0.39, 0.29) is 12.4 Å². The van der Waals surface area contributed by atoms with Crippen LogP contribution in [0.4, 0.5) is 4.39 Å². The van der Waals surface area contributed by atoms with Gasteiger partial charge in [0.2, 0.25) is 0 Å². The number of methoxy groups -OCH3 is 1. The van der Waals surface area contributed by atoms with Crippen molar-refractivity contribution >= 4 is 0 Å². The molecule has 0 amide bonds. The molecule has 0 fully saturated rings. The topological polar surface area (TPSA) is 58.7 Å². The molecule has 0 saturated heterocycles. The summed E-state index contributed by atoms with van der Waals surface area (Å²) in [6.45, 7) is 2.91. The third-order valence-electron chi connectivity index (χ3n) is 2.81. The monoisotopic (exact) mass is 256 g/mol. The lowest BCUT2D eigenvalue weighted by Gasteiger charge is -2.22. The van der Waals surface area contributed by atoms with Crippen LogP contribution in [0.15, 0.2) is 18.2 Å². The van der Waals surface area contributed by atoms with Crippen molar-refractivity contribution in [3.63, 3.8) is 0 Å². The number of rotatable bonds is 8. The van der Waals surface area contributed by atoms with Crippen molar-refractivity contribution in [1.82, 2.24) is 4.90 Å². The van der Waals surface area contributed by atoms with E-state index in [4.69, 9.17) is 15.6 Å². The van der Waals surface area contributed by atoms with Crippen molar-refractivity contribution in [1.29, 1.82) is 0 Å². The summed E-state index contributed by atoms with van der Waals surface area (Å²) in [5, 5.41) is 9.02. The van der Waals surface area contributed by atoms with Crippen LogP contribution in [0, 0.1) is 5.82 Å². The maximum Gasteiger partial charge on any atom is 0.123 e. The van der Waals surface area contributed by atoms with Gasteiger partial charge in [0.1, 0.15) is 5.82 Å². The van der Waals surface area contributed by atoms with Crippen LogP contribution in [0.2, 0.25) is 0 Å². The summed E-state index contributed by atoms with van der Waals surface area (Å²) in [5.74, 6) is -0.273. The largest absolute Gasteiger partial charge is 0.395 e. The van der Waals surface area contributed by atoms with Crippen molar-refractivity contribution < 1.29 is 14.2 Å². The third kappa shape index (κ3) is 4.70. The second-order valence-corrected chi connectivity index (χ2v) is 4.11. The van der Waals surface area contributed by atoms with Gasteiger partial charge in [-0.1, -0.05) is 6.07 Å². The normalized spacial score (nSPS) is 11.2. The molecule has 1 aromatic rings. The Balaban J connectivity index is 2.72. The average Bonchev–Trinajstić information content (AvgIpc) is 2.38. The van der Waals surface area contributed by atoms with E-state index in [0.29, 0.717) is 26.2 Å². The highest BCUT2D eigenvalue weighted by Gasteiger charge is 2.09. The predicted octanol–water partition coefficient (Wildman–Crippen LogP) is 0.725. The lowest BCUT2D eigenvalue weighted by atomic mass is 10.1. The van der Waals surface area contributed by atoms with Gasteiger partial charge in [0.05, 0.1) is 13.2 Å². The van der Waals surface area contributed by atoms with E-state index in [1.807, 2.05) is 0 Å². The van der Waals surface area contributed by atoms with Crippen molar-refractivity contribution in [3.05, 3.63) is 35.1 Å². The second-order valence-electron chi connectivity index (χ2n) is 4.11. The summed E-state index contributed by atoms with van der Waals surface area (Å²) >= 11 is 0. The van der Waals surface area contributed by atoms with Gasteiger partial charge in [0.25, 0.3) is 0 Å². The molecular formula is C13H21FN2O2. The zero-order valence-corrected chi connectivity index (χ0v) is 10.7. The molecule has 0 aliphatic heterocycles. The Hall–Kier alpha value is -1.01. The first-order chi connectivity index (χ1) is 8.71. The molecule has 102 valence electrons. The van der Waals surface area contributed by atoms with Crippen LogP contribution in [0.25, 0.3) is 0 Å². The van der Waals surface area contributed by atoms with E-state index in [0.717, 1.165) is 17.7 Å². The molecule has 5 heteroatoms. The average molecular weight is 256 g/mol. The predicted molar refractivity (Wildman–Crippen MR) is 68.5 cm³/mol. The van der Waals surface area contributed by atoms with Crippen LogP contribution in [0.3, 0.4) is 0 Å². The van der Waals surface area contributed by atoms with Crippen LogP contribution in [-0.4, -0.2) is 43.4 Å². The first kappa shape index (κ1) is 15.0. The molecule has 0 bridgehead atoms. The maximum atomic E-state index is 13.1. The SMILES string of the molecule is COCCN(CCO)Cc1ccc(F)cc1CN. The fourth-order valence-electron chi connectivity index (χ4n) is 1.81. The highest BCUT2D eigenvalue weighted by Crippen LogP contribution is 2.13. The summed E-state index contributed by atoms with van der Waals surface area (Å²) in [4.78, 5) is 2.05. The third-order valence-corrected chi connectivity index (χ3v) is 2.81. The van der Waals surface area contributed by atoms with Crippen LogP contribution < -0.4 is 5.73 Å². The zero-order chi connectivity index (χ0) is 13.4. The number of hydrogen-bond donors (Lipinski definition) is 2. The number of ether oxygens (including phenoxy) is 1. The first-order valence-corrected chi connectivity index (χ1v) is 6.00. The number of nitrogens with zero attached hydrogens (tertiary/aromatic N) is 1. The van der Waals surface area contributed by atoms with Gasteiger partial charge in [0, 0.05) is 33.3 Å². The quantitative estimate of drug-likeness (QED) is 0.720. The van der Waals surface area contributed by atoms with E-state index in [1.165, 1.54) is 12.1 Å². The maximum absolute atomic E-state index is 13.1. The number of nitrogens with two attached hydrogens (primary N) is 1. The fraction of sp³-hybridized carbons (Fsp3) is 0.538. The molecule has 4 nitrogen and oxygen atoms in total. The van der Waals surface area contributed by atoms with Gasteiger partial charge < -0.3 is 15.6 Å².